The Balaban J connectivity index is 1.71. The van der Waals surface area contributed by atoms with Gasteiger partial charge in [0.2, 0.25) is 0 Å². The molecule has 0 saturated heterocycles. The lowest BCUT2D eigenvalue weighted by Gasteiger charge is -2.22. The molecule has 1 aliphatic rings. The number of fused-ring (bicyclic) bond motifs is 1. The lowest BCUT2D eigenvalue weighted by Crippen LogP contribution is -2.39. The van der Waals surface area contributed by atoms with Crippen LogP contribution in [0.15, 0.2) is 18.2 Å². The molecule has 0 bridgehead atoms. The first-order valence-corrected chi connectivity index (χ1v) is 7.94. The molecule has 1 aliphatic carbocycles. The topological polar surface area (TPSA) is 66.9 Å². The highest BCUT2D eigenvalue weighted by molar-refractivity contribution is 5.90. The van der Waals surface area contributed by atoms with Crippen molar-refractivity contribution in [3.63, 3.8) is 0 Å². The van der Waals surface area contributed by atoms with Crippen LogP contribution in [0.5, 0.6) is 0 Å². The number of carbonyl (C=O) groups is 1. The van der Waals surface area contributed by atoms with E-state index in [0.29, 0.717) is 11.5 Å². The van der Waals surface area contributed by atoms with E-state index in [1.54, 1.807) is 0 Å². The van der Waals surface area contributed by atoms with E-state index < -0.39 is 0 Å². The largest absolute Gasteiger partial charge is 0.335 e. The van der Waals surface area contributed by atoms with E-state index in [4.69, 9.17) is 0 Å². The molecule has 22 heavy (non-hydrogen) atoms. The maximum atomic E-state index is 12.1. The van der Waals surface area contributed by atoms with Crippen molar-refractivity contribution in [3.05, 3.63) is 29.5 Å². The van der Waals surface area contributed by atoms with E-state index in [0.717, 1.165) is 29.5 Å². The number of amides is 2. The first-order chi connectivity index (χ1) is 10.6. The number of pyridine rings is 2. The average molecular weight is 298 g/mol. The van der Waals surface area contributed by atoms with E-state index in [9.17, 15) is 4.79 Å². The second kappa shape index (κ2) is 6.30. The maximum Gasteiger partial charge on any atom is 0.320 e. The Morgan fingerprint density at radius 3 is 2.68 bits per heavy atom. The van der Waals surface area contributed by atoms with E-state index in [-0.39, 0.29) is 12.1 Å². The molecule has 2 aromatic heterocycles. The van der Waals surface area contributed by atoms with Crippen LogP contribution < -0.4 is 10.6 Å². The highest BCUT2D eigenvalue weighted by Crippen LogP contribution is 2.19. The molecule has 2 amide bonds. The molecule has 2 heterocycles. The van der Waals surface area contributed by atoms with Crippen LogP contribution in [0, 0.1) is 13.8 Å². The summed E-state index contributed by atoms with van der Waals surface area (Å²) in [6.45, 7) is 3.99. The standard InChI is InChI=1S/C17H22N4O/c1-11-10-12(2)18-16-14(11)8-9-15(20-16)21-17(22)19-13-6-4-3-5-7-13/h8-10,13H,3-7H2,1-2H3,(H2,18,19,20,21,22). The van der Waals surface area contributed by atoms with Crippen molar-refractivity contribution in [1.82, 2.24) is 15.3 Å². The van der Waals surface area contributed by atoms with Crippen LogP contribution in [0.2, 0.25) is 0 Å². The van der Waals surface area contributed by atoms with Crippen molar-refractivity contribution in [2.24, 2.45) is 0 Å². The van der Waals surface area contributed by atoms with Crippen molar-refractivity contribution < 1.29 is 4.79 Å². The van der Waals surface area contributed by atoms with E-state index >= 15 is 0 Å². The van der Waals surface area contributed by atoms with E-state index in [1.807, 2.05) is 32.0 Å². The van der Waals surface area contributed by atoms with Gasteiger partial charge >= 0.3 is 6.03 Å². The molecule has 0 aromatic carbocycles. The smallest absolute Gasteiger partial charge is 0.320 e. The first-order valence-electron chi connectivity index (χ1n) is 7.94. The van der Waals surface area contributed by atoms with Crippen molar-refractivity contribution in [2.45, 2.75) is 52.0 Å². The first kappa shape index (κ1) is 14.8. The predicted molar refractivity (Wildman–Crippen MR) is 88.0 cm³/mol. The molecule has 2 N–H and O–H groups in total. The van der Waals surface area contributed by atoms with Crippen LogP contribution in [0.1, 0.15) is 43.4 Å². The SMILES string of the molecule is Cc1cc(C)c2ccc(NC(=O)NC3CCCCC3)nc2n1. The number of nitrogens with zero attached hydrogens (tertiary/aromatic N) is 2. The van der Waals surface area contributed by atoms with Gasteiger partial charge in [-0.15, -0.1) is 0 Å². The van der Waals surface area contributed by atoms with Crippen LogP contribution in [-0.2, 0) is 0 Å². The predicted octanol–water partition coefficient (Wildman–Crippen LogP) is 3.70. The van der Waals surface area contributed by atoms with Gasteiger partial charge in [0.25, 0.3) is 0 Å². The molecule has 1 fully saturated rings. The van der Waals surface area contributed by atoms with Gasteiger partial charge in [0.15, 0.2) is 5.65 Å². The van der Waals surface area contributed by atoms with Crippen molar-refractivity contribution in [1.29, 1.82) is 0 Å². The van der Waals surface area contributed by atoms with Gasteiger partial charge in [-0.2, -0.15) is 0 Å². The Kier molecular flexibility index (Phi) is 4.22. The average Bonchev–Trinajstić information content (AvgIpc) is 2.47. The minimum Gasteiger partial charge on any atom is -0.335 e. The fraction of sp³-hybridized carbons (Fsp3) is 0.471. The highest BCUT2D eigenvalue weighted by Gasteiger charge is 2.16. The zero-order valence-electron chi connectivity index (χ0n) is 13.1. The monoisotopic (exact) mass is 298 g/mol. The zero-order chi connectivity index (χ0) is 15.5. The van der Waals surface area contributed by atoms with Crippen molar-refractivity contribution in [3.8, 4) is 0 Å². The van der Waals surface area contributed by atoms with Gasteiger partial charge in [-0.3, -0.25) is 5.32 Å². The number of nitrogens with one attached hydrogen (secondary N) is 2. The molecule has 0 atom stereocenters. The Bertz CT molecular complexity index is 692. The Morgan fingerprint density at radius 2 is 1.91 bits per heavy atom. The van der Waals surface area contributed by atoms with Crippen LogP contribution in [0.4, 0.5) is 10.6 Å². The third-order valence-electron chi connectivity index (χ3n) is 4.19. The number of hydrogen-bond donors (Lipinski definition) is 2. The number of carbonyl (C=O) groups excluding carboxylic acids is 1. The molecule has 5 nitrogen and oxygen atoms in total. The van der Waals surface area contributed by atoms with Gasteiger partial charge in [-0.05, 0) is 50.5 Å². The molecule has 0 spiro atoms. The maximum absolute atomic E-state index is 12.1. The summed E-state index contributed by atoms with van der Waals surface area (Å²) >= 11 is 0. The number of rotatable bonds is 2. The number of anilines is 1. The molecule has 2 aromatic rings. The molecule has 1 saturated carbocycles. The van der Waals surface area contributed by atoms with Crippen molar-refractivity contribution in [2.75, 3.05) is 5.32 Å². The van der Waals surface area contributed by atoms with Gasteiger partial charge in [0.1, 0.15) is 5.82 Å². The van der Waals surface area contributed by atoms with E-state index in [2.05, 4.69) is 20.6 Å². The Morgan fingerprint density at radius 1 is 1.14 bits per heavy atom. The summed E-state index contributed by atoms with van der Waals surface area (Å²) in [6.07, 6.45) is 5.80. The van der Waals surface area contributed by atoms with Crippen LogP contribution >= 0.6 is 0 Å². The minimum absolute atomic E-state index is 0.178. The fourth-order valence-electron chi connectivity index (χ4n) is 3.09. The van der Waals surface area contributed by atoms with Gasteiger partial charge in [-0.1, -0.05) is 19.3 Å². The summed E-state index contributed by atoms with van der Waals surface area (Å²) < 4.78 is 0. The molecule has 3 rings (SSSR count). The fourth-order valence-corrected chi connectivity index (χ4v) is 3.09. The second-order valence-corrected chi connectivity index (χ2v) is 6.08. The third-order valence-corrected chi connectivity index (χ3v) is 4.19. The molecule has 0 aliphatic heterocycles. The van der Waals surface area contributed by atoms with Crippen LogP contribution in [0.25, 0.3) is 11.0 Å². The molecule has 5 heteroatoms. The molecular formula is C17H22N4O. The van der Waals surface area contributed by atoms with Crippen LogP contribution in [-0.4, -0.2) is 22.0 Å². The third kappa shape index (κ3) is 3.35. The lowest BCUT2D eigenvalue weighted by atomic mass is 9.96. The number of hydrogen-bond acceptors (Lipinski definition) is 3. The second-order valence-electron chi connectivity index (χ2n) is 6.08. The summed E-state index contributed by atoms with van der Waals surface area (Å²) in [5.74, 6) is 0.540. The summed E-state index contributed by atoms with van der Waals surface area (Å²) in [7, 11) is 0. The van der Waals surface area contributed by atoms with Gasteiger partial charge in [0, 0.05) is 17.1 Å². The summed E-state index contributed by atoms with van der Waals surface area (Å²) in [5.41, 5.74) is 2.75. The summed E-state index contributed by atoms with van der Waals surface area (Å²) in [4.78, 5) is 21.0. The quantitative estimate of drug-likeness (QED) is 0.888. The Labute approximate surface area is 130 Å². The highest BCUT2D eigenvalue weighted by atomic mass is 16.2. The molecule has 0 unspecified atom stereocenters. The van der Waals surface area contributed by atoms with Crippen LogP contribution in [0.3, 0.4) is 0 Å². The van der Waals surface area contributed by atoms with Crippen molar-refractivity contribution >= 4 is 22.9 Å². The van der Waals surface area contributed by atoms with E-state index in [1.165, 1.54) is 19.3 Å². The number of aryl methyl sites for hydroxylation is 2. The molecular weight excluding hydrogens is 276 g/mol. The normalized spacial score (nSPS) is 15.7. The Hall–Kier alpha value is -2.17. The number of urea groups is 1. The van der Waals surface area contributed by atoms with Gasteiger partial charge in [-0.25, -0.2) is 14.8 Å². The van der Waals surface area contributed by atoms with Gasteiger partial charge < -0.3 is 5.32 Å². The number of aromatic nitrogens is 2. The molecule has 116 valence electrons. The molecule has 0 radical (unpaired) electrons. The van der Waals surface area contributed by atoms with Gasteiger partial charge in [0.05, 0.1) is 0 Å². The minimum atomic E-state index is -0.178. The zero-order valence-corrected chi connectivity index (χ0v) is 13.1. The summed E-state index contributed by atoms with van der Waals surface area (Å²) in [6, 6.07) is 5.93. The summed E-state index contributed by atoms with van der Waals surface area (Å²) in [5, 5.41) is 6.86. The lowest BCUT2D eigenvalue weighted by molar-refractivity contribution is 0.244.